The monoisotopic (exact) mass is 299 g/mol. The number of anilines is 3. The van der Waals surface area contributed by atoms with Gasteiger partial charge in [-0.25, -0.2) is 4.98 Å². The van der Waals surface area contributed by atoms with Gasteiger partial charge in [-0.2, -0.15) is 15.2 Å². The van der Waals surface area contributed by atoms with Crippen molar-refractivity contribution in [1.82, 2.24) is 19.9 Å². The van der Waals surface area contributed by atoms with Crippen LogP contribution in [0.25, 0.3) is 11.2 Å². The van der Waals surface area contributed by atoms with Crippen LogP contribution in [0.4, 0.5) is 17.5 Å². The Morgan fingerprint density at radius 1 is 1.33 bits per heavy atom. The predicted octanol–water partition coefficient (Wildman–Crippen LogP) is 2.66. The molecule has 3 rings (SSSR count). The van der Waals surface area contributed by atoms with Crippen LogP contribution in [0.5, 0.6) is 0 Å². The molecule has 8 heteroatoms. The minimum atomic E-state index is 0.428. The van der Waals surface area contributed by atoms with E-state index in [1.165, 1.54) is 6.33 Å². The highest BCUT2D eigenvalue weighted by atomic mass is 35.5. The van der Waals surface area contributed by atoms with Gasteiger partial charge >= 0.3 is 0 Å². The van der Waals surface area contributed by atoms with Gasteiger partial charge in [-0.15, -0.1) is 0 Å². The standard InChI is InChI=1S/C13H10ClN7/c1-16-13-20-11-10(17-6-18-11)12(21-13)19-9-4-8(14)3-2-7(9)5-15/h2-4,6H,1H3,(H3,16,17,18,19,20,21). The van der Waals surface area contributed by atoms with Gasteiger partial charge in [-0.3, -0.25) is 0 Å². The maximum absolute atomic E-state index is 9.16. The third-order valence-corrected chi connectivity index (χ3v) is 3.10. The van der Waals surface area contributed by atoms with E-state index in [0.29, 0.717) is 39.2 Å². The molecule has 0 fully saturated rings. The van der Waals surface area contributed by atoms with Crippen molar-refractivity contribution in [2.45, 2.75) is 0 Å². The Bertz CT molecular complexity index is 849. The molecule has 1 aromatic carbocycles. The lowest BCUT2D eigenvalue weighted by Gasteiger charge is -2.09. The molecule has 0 bridgehead atoms. The number of aromatic amines is 1. The normalized spacial score (nSPS) is 10.3. The first-order valence-corrected chi connectivity index (χ1v) is 6.44. The van der Waals surface area contributed by atoms with Crippen LogP contribution >= 0.6 is 11.6 Å². The number of nitriles is 1. The van der Waals surface area contributed by atoms with Gasteiger partial charge in [-0.1, -0.05) is 11.6 Å². The Morgan fingerprint density at radius 3 is 2.95 bits per heavy atom. The summed E-state index contributed by atoms with van der Waals surface area (Å²) in [5.41, 5.74) is 2.22. The first-order chi connectivity index (χ1) is 10.2. The number of fused-ring (bicyclic) bond motifs is 1. The maximum atomic E-state index is 9.16. The van der Waals surface area contributed by atoms with Crippen molar-refractivity contribution < 1.29 is 0 Å². The number of nitrogens with one attached hydrogen (secondary N) is 3. The largest absolute Gasteiger partial charge is 0.357 e. The highest BCUT2D eigenvalue weighted by molar-refractivity contribution is 6.30. The number of rotatable bonds is 3. The van der Waals surface area contributed by atoms with Gasteiger partial charge in [0.2, 0.25) is 5.95 Å². The Kier molecular flexibility index (Phi) is 3.30. The zero-order valence-electron chi connectivity index (χ0n) is 11.0. The van der Waals surface area contributed by atoms with E-state index in [1.54, 1.807) is 25.2 Å². The zero-order chi connectivity index (χ0) is 14.8. The van der Waals surface area contributed by atoms with E-state index >= 15 is 0 Å². The van der Waals surface area contributed by atoms with Gasteiger partial charge in [-0.05, 0) is 18.2 Å². The van der Waals surface area contributed by atoms with Gasteiger partial charge in [0, 0.05) is 12.1 Å². The van der Waals surface area contributed by atoms with Gasteiger partial charge in [0.15, 0.2) is 11.5 Å². The number of hydrogen-bond acceptors (Lipinski definition) is 6. The third kappa shape index (κ3) is 2.44. The second kappa shape index (κ2) is 5.26. The summed E-state index contributed by atoms with van der Waals surface area (Å²) in [5.74, 6) is 0.943. The molecule has 21 heavy (non-hydrogen) atoms. The molecule has 0 aliphatic carbocycles. The SMILES string of the molecule is CNc1nc(Nc2cc(Cl)ccc2C#N)c2[nH]cnc2n1. The number of nitrogens with zero attached hydrogens (tertiary/aromatic N) is 4. The molecule has 104 valence electrons. The average molecular weight is 300 g/mol. The molecular formula is C13H10ClN7. The molecule has 2 aromatic heterocycles. The van der Waals surface area contributed by atoms with Crippen LogP contribution in [0.2, 0.25) is 5.02 Å². The molecule has 0 spiro atoms. The van der Waals surface area contributed by atoms with Crippen LogP contribution in [-0.4, -0.2) is 27.0 Å². The quantitative estimate of drug-likeness (QED) is 0.687. The summed E-state index contributed by atoms with van der Waals surface area (Å²) in [5, 5.41) is 15.7. The molecule has 2 heterocycles. The number of aromatic nitrogens is 4. The van der Waals surface area contributed by atoms with Gasteiger partial charge in [0.1, 0.15) is 11.6 Å². The summed E-state index contributed by atoms with van der Waals surface area (Å²) >= 11 is 5.98. The van der Waals surface area contributed by atoms with Crippen LogP contribution in [0.1, 0.15) is 5.56 Å². The number of H-pyrrole nitrogens is 1. The lowest BCUT2D eigenvalue weighted by molar-refractivity contribution is 1.18. The number of imidazole rings is 1. The first-order valence-electron chi connectivity index (χ1n) is 6.07. The Hall–Kier alpha value is -2.85. The van der Waals surface area contributed by atoms with Crippen molar-refractivity contribution in [2.24, 2.45) is 0 Å². The fourth-order valence-corrected chi connectivity index (χ4v) is 2.05. The smallest absolute Gasteiger partial charge is 0.226 e. The summed E-state index contributed by atoms with van der Waals surface area (Å²) in [6, 6.07) is 7.09. The third-order valence-electron chi connectivity index (χ3n) is 2.86. The van der Waals surface area contributed by atoms with Gasteiger partial charge < -0.3 is 15.6 Å². The second-order valence-electron chi connectivity index (χ2n) is 4.17. The summed E-state index contributed by atoms with van der Waals surface area (Å²) in [6.07, 6.45) is 1.53. The van der Waals surface area contributed by atoms with Crippen molar-refractivity contribution in [3.63, 3.8) is 0 Å². The van der Waals surface area contributed by atoms with E-state index in [4.69, 9.17) is 16.9 Å². The lowest BCUT2D eigenvalue weighted by atomic mass is 10.2. The van der Waals surface area contributed by atoms with Crippen LogP contribution in [0, 0.1) is 11.3 Å². The molecule has 3 aromatic rings. The Morgan fingerprint density at radius 2 is 2.19 bits per heavy atom. The van der Waals surface area contributed by atoms with Crippen molar-refractivity contribution in [1.29, 1.82) is 5.26 Å². The Balaban J connectivity index is 2.12. The minimum Gasteiger partial charge on any atom is -0.357 e. The molecule has 0 saturated heterocycles. The number of halogens is 1. The maximum Gasteiger partial charge on any atom is 0.226 e. The first kappa shape index (κ1) is 13.1. The lowest BCUT2D eigenvalue weighted by Crippen LogP contribution is -2.02. The average Bonchev–Trinajstić information content (AvgIpc) is 2.96. The molecule has 0 amide bonds. The fourth-order valence-electron chi connectivity index (χ4n) is 1.88. The number of benzene rings is 1. The summed E-state index contributed by atoms with van der Waals surface area (Å²) in [4.78, 5) is 15.6. The second-order valence-corrected chi connectivity index (χ2v) is 4.61. The van der Waals surface area contributed by atoms with E-state index in [1.807, 2.05) is 0 Å². The highest BCUT2D eigenvalue weighted by Crippen LogP contribution is 2.27. The number of hydrogen-bond donors (Lipinski definition) is 3. The molecule has 3 N–H and O–H groups in total. The van der Waals surface area contributed by atoms with Crippen molar-refractivity contribution in [2.75, 3.05) is 17.7 Å². The summed E-state index contributed by atoms with van der Waals surface area (Å²) in [7, 11) is 1.72. The predicted molar refractivity (Wildman–Crippen MR) is 80.7 cm³/mol. The molecule has 0 aliphatic rings. The van der Waals surface area contributed by atoms with Crippen molar-refractivity contribution in [3.8, 4) is 6.07 Å². The summed E-state index contributed by atoms with van der Waals surface area (Å²) < 4.78 is 0. The van der Waals surface area contributed by atoms with E-state index in [9.17, 15) is 0 Å². The molecule has 0 atom stereocenters. The van der Waals surface area contributed by atoms with Crippen LogP contribution < -0.4 is 10.6 Å². The molecule has 7 nitrogen and oxygen atoms in total. The molecule has 0 unspecified atom stereocenters. The molecule has 0 aliphatic heterocycles. The van der Waals surface area contributed by atoms with Crippen LogP contribution in [0.3, 0.4) is 0 Å². The minimum absolute atomic E-state index is 0.428. The Labute approximate surface area is 125 Å². The van der Waals surface area contributed by atoms with Gasteiger partial charge in [0.25, 0.3) is 0 Å². The summed E-state index contributed by atoms with van der Waals surface area (Å²) in [6.45, 7) is 0. The van der Waals surface area contributed by atoms with E-state index in [-0.39, 0.29) is 0 Å². The topological polar surface area (TPSA) is 102 Å². The molecular weight excluding hydrogens is 290 g/mol. The fraction of sp³-hybridized carbons (Fsp3) is 0.0769. The van der Waals surface area contributed by atoms with E-state index < -0.39 is 0 Å². The van der Waals surface area contributed by atoms with E-state index in [2.05, 4.69) is 36.6 Å². The van der Waals surface area contributed by atoms with Crippen molar-refractivity contribution in [3.05, 3.63) is 35.1 Å². The zero-order valence-corrected chi connectivity index (χ0v) is 11.7. The molecule has 0 saturated carbocycles. The highest BCUT2D eigenvalue weighted by Gasteiger charge is 2.11. The molecule has 0 radical (unpaired) electrons. The van der Waals surface area contributed by atoms with Crippen molar-refractivity contribution >= 4 is 40.2 Å². The van der Waals surface area contributed by atoms with Crippen LogP contribution in [0.15, 0.2) is 24.5 Å². The van der Waals surface area contributed by atoms with E-state index in [0.717, 1.165) is 0 Å². The van der Waals surface area contributed by atoms with Crippen LogP contribution in [-0.2, 0) is 0 Å². The van der Waals surface area contributed by atoms with Gasteiger partial charge in [0.05, 0.1) is 17.6 Å².